The fourth-order valence-corrected chi connectivity index (χ4v) is 2.32. The van der Waals surface area contributed by atoms with Crippen molar-refractivity contribution in [3.8, 4) is 0 Å². The zero-order valence-corrected chi connectivity index (χ0v) is 13.9. The largest absolute Gasteiger partial charge is 0.385 e. The van der Waals surface area contributed by atoms with Crippen LogP contribution in [0.2, 0.25) is 0 Å². The molecule has 1 aromatic heterocycles. The van der Waals surface area contributed by atoms with E-state index in [9.17, 15) is 4.79 Å². The molecule has 0 amide bonds. The molecule has 0 radical (unpaired) electrons. The van der Waals surface area contributed by atoms with Gasteiger partial charge in [0, 0.05) is 20.3 Å². The maximum Gasteiger partial charge on any atom is 0.198 e. The summed E-state index contributed by atoms with van der Waals surface area (Å²) in [5, 5.41) is 4.23. The van der Waals surface area contributed by atoms with Crippen LogP contribution in [0.25, 0.3) is 0 Å². The molecule has 0 bridgehead atoms. The number of hydrogen-bond acceptors (Lipinski definition) is 5. The van der Waals surface area contributed by atoms with Crippen molar-refractivity contribution in [3.63, 3.8) is 0 Å². The topological polar surface area (TPSA) is 73.4 Å². The number of nitrogens with two attached hydrogens (primary N) is 1. The number of carbonyl (C=O) groups is 1. The van der Waals surface area contributed by atoms with E-state index < -0.39 is 6.04 Å². The molecule has 0 aromatic carbocycles. The monoisotopic (exact) mass is 346 g/mol. The van der Waals surface area contributed by atoms with E-state index in [2.05, 4.69) is 21.0 Å². The van der Waals surface area contributed by atoms with Crippen molar-refractivity contribution in [2.45, 2.75) is 25.4 Å². The van der Waals surface area contributed by atoms with Gasteiger partial charge in [-0.15, -0.1) is 0 Å². The SMILES string of the molecule is COCCCC(N)C(=O)c1c(Br)cnn1CCN(C)C. The zero-order valence-electron chi connectivity index (χ0n) is 12.3. The third-order valence-corrected chi connectivity index (χ3v) is 3.57. The Labute approximate surface area is 128 Å². The first-order chi connectivity index (χ1) is 9.47. The number of methoxy groups -OCH3 is 1. The molecule has 20 heavy (non-hydrogen) atoms. The van der Waals surface area contributed by atoms with Crippen LogP contribution >= 0.6 is 15.9 Å². The van der Waals surface area contributed by atoms with Gasteiger partial charge >= 0.3 is 0 Å². The number of nitrogens with zero attached hydrogens (tertiary/aromatic N) is 3. The molecule has 2 N–H and O–H groups in total. The summed E-state index contributed by atoms with van der Waals surface area (Å²) in [6.45, 7) is 2.08. The van der Waals surface area contributed by atoms with Gasteiger partial charge in [0.25, 0.3) is 0 Å². The van der Waals surface area contributed by atoms with Crippen LogP contribution in [0.4, 0.5) is 0 Å². The summed E-state index contributed by atoms with van der Waals surface area (Å²) in [5.74, 6) is -0.0794. The number of carbonyl (C=O) groups excluding carboxylic acids is 1. The molecule has 1 heterocycles. The molecule has 7 heteroatoms. The normalized spacial score (nSPS) is 12.9. The standard InChI is InChI=1S/C13H23BrN4O2/c1-17(2)6-7-18-12(10(14)9-16-18)13(19)11(15)5-4-8-20-3/h9,11H,4-8,15H2,1-3H3. The predicted molar refractivity (Wildman–Crippen MR) is 81.9 cm³/mol. The highest BCUT2D eigenvalue weighted by molar-refractivity contribution is 9.10. The smallest absolute Gasteiger partial charge is 0.198 e. The molecule has 0 spiro atoms. The van der Waals surface area contributed by atoms with Crippen molar-refractivity contribution >= 4 is 21.7 Å². The Morgan fingerprint density at radius 3 is 2.90 bits per heavy atom. The number of likely N-dealkylation sites (N-methyl/N-ethyl adjacent to an activating group) is 1. The number of rotatable bonds is 9. The Bertz CT molecular complexity index is 434. The Hall–Kier alpha value is -0.760. The van der Waals surface area contributed by atoms with Gasteiger partial charge in [0.15, 0.2) is 5.78 Å². The predicted octanol–water partition coefficient (Wildman–Crippen LogP) is 1.14. The number of aromatic nitrogens is 2. The summed E-state index contributed by atoms with van der Waals surface area (Å²) in [7, 11) is 5.60. The lowest BCUT2D eigenvalue weighted by atomic mass is 10.1. The molecular weight excluding hydrogens is 324 g/mol. The molecule has 1 unspecified atom stereocenters. The number of hydrogen-bond donors (Lipinski definition) is 1. The van der Waals surface area contributed by atoms with E-state index in [0.29, 0.717) is 29.7 Å². The maximum atomic E-state index is 12.4. The lowest BCUT2D eigenvalue weighted by Crippen LogP contribution is -2.33. The van der Waals surface area contributed by atoms with Crippen molar-refractivity contribution in [2.24, 2.45) is 5.73 Å². The number of Topliss-reactive ketones (excluding diaryl/α,β-unsaturated/α-hetero) is 1. The lowest BCUT2D eigenvalue weighted by Gasteiger charge is -2.14. The van der Waals surface area contributed by atoms with Gasteiger partial charge in [-0.25, -0.2) is 0 Å². The summed E-state index contributed by atoms with van der Waals surface area (Å²) in [6, 6.07) is -0.517. The first-order valence-electron chi connectivity index (χ1n) is 6.62. The van der Waals surface area contributed by atoms with Crippen LogP contribution in [-0.4, -0.2) is 60.9 Å². The Morgan fingerprint density at radius 1 is 1.60 bits per heavy atom. The van der Waals surface area contributed by atoms with Gasteiger partial charge < -0.3 is 15.4 Å². The highest BCUT2D eigenvalue weighted by Gasteiger charge is 2.22. The minimum atomic E-state index is -0.517. The lowest BCUT2D eigenvalue weighted by molar-refractivity contribution is 0.0938. The van der Waals surface area contributed by atoms with Gasteiger partial charge in [-0.3, -0.25) is 9.48 Å². The Balaban J connectivity index is 2.73. The van der Waals surface area contributed by atoms with E-state index >= 15 is 0 Å². The molecule has 0 aliphatic carbocycles. The van der Waals surface area contributed by atoms with Crippen LogP contribution in [0.5, 0.6) is 0 Å². The molecule has 0 fully saturated rings. The van der Waals surface area contributed by atoms with Crippen LogP contribution in [0, 0.1) is 0 Å². The zero-order chi connectivity index (χ0) is 15.1. The van der Waals surface area contributed by atoms with Crippen LogP contribution < -0.4 is 5.73 Å². The van der Waals surface area contributed by atoms with Crippen molar-refractivity contribution in [1.29, 1.82) is 0 Å². The second-order valence-electron chi connectivity index (χ2n) is 4.97. The van der Waals surface area contributed by atoms with Gasteiger partial charge in [-0.1, -0.05) is 0 Å². The van der Waals surface area contributed by atoms with Gasteiger partial charge in [-0.05, 0) is 42.9 Å². The third-order valence-electron chi connectivity index (χ3n) is 2.99. The van der Waals surface area contributed by atoms with Crippen LogP contribution in [-0.2, 0) is 11.3 Å². The molecule has 1 aromatic rings. The van der Waals surface area contributed by atoms with Gasteiger partial charge in [0.1, 0.15) is 5.69 Å². The maximum absolute atomic E-state index is 12.4. The second kappa shape index (κ2) is 8.51. The van der Waals surface area contributed by atoms with E-state index in [4.69, 9.17) is 10.5 Å². The Kier molecular flexibility index (Phi) is 7.36. The average molecular weight is 347 g/mol. The second-order valence-corrected chi connectivity index (χ2v) is 5.83. The minimum absolute atomic E-state index is 0.0794. The third kappa shape index (κ3) is 4.97. The number of ketones is 1. The van der Waals surface area contributed by atoms with Crippen molar-refractivity contribution in [1.82, 2.24) is 14.7 Å². The van der Waals surface area contributed by atoms with E-state index in [1.165, 1.54) is 0 Å². The van der Waals surface area contributed by atoms with E-state index in [-0.39, 0.29) is 5.78 Å². The van der Waals surface area contributed by atoms with E-state index in [1.807, 2.05) is 19.0 Å². The Morgan fingerprint density at radius 2 is 2.30 bits per heavy atom. The van der Waals surface area contributed by atoms with Crippen molar-refractivity contribution in [3.05, 3.63) is 16.4 Å². The molecule has 0 saturated carbocycles. The summed E-state index contributed by atoms with van der Waals surface area (Å²) < 4.78 is 7.38. The molecule has 114 valence electrons. The highest BCUT2D eigenvalue weighted by atomic mass is 79.9. The van der Waals surface area contributed by atoms with Gasteiger partial charge in [-0.2, -0.15) is 5.10 Å². The summed E-state index contributed by atoms with van der Waals surface area (Å²) in [4.78, 5) is 14.5. The molecule has 0 aliphatic heterocycles. The molecule has 1 atom stereocenters. The average Bonchev–Trinajstić information content (AvgIpc) is 2.76. The summed E-state index contributed by atoms with van der Waals surface area (Å²) in [6.07, 6.45) is 3.02. The summed E-state index contributed by atoms with van der Waals surface area (Å²) >= 11 is 3.38. The summed E-state index contributed by atoms with van der Waals surface area (Å²) in [5.41, 5.74) is 6.52. The quantitative estimate of drug-likeness (QED) is 0.536. The van der Waals surface area contributed by atoms with Crippen LogP contribution in [0.3, 0.4) is 0 Å². The molecule has 0 aliphatic rings. The van der Waals surface area contributed by atoms with Crippen LogP contribution in [0.1, 0.15) is 23.3 Å². The van der Waals surface area contributed by atoms with Crippen molar-refractivity contribution < 1.29 is 9.53 Å². The number of halogens is 1. The molecule has 0 saturated heterocycles. The van der Waals surface area contributed by atoms with Gasteiger partial charge in [0.2, 0.25) is 0 Å². The molecular formula is C13H23BrN4O2. The fourth-order valence-electron chi connectivity index (χ4n) is 1.83. The first-order valence-corrected chi connectivity index (χ1v) is 7.41. The highest BCUT2D eigenvalue weighted by Crippen LogP contribution is 2.18. The van der Waals surface area contributed by atoms with Gasteiger partial charge in [0.05, 0.1) is 23.3 Å². The van der Waals surface area contributed by atoms with Crippen LogP contribution in [0.15, 0.2) is 10.7 Å². The molecule has 1 rings (SSSR count). The fraction of sp³-hybridized carbons (Fsp3) is 0.692. The van der Waals surface area contributed by atoms with Crippen molar-refractivity contribution in [2.75, 3.05) is 34.4 Å². The molecule has 6 nitrogen and oxygen atoms in total. The minimum Gasteiger partial charge on any atom is -0.385 e. The first kappa shape index (κ1) is 17.3. The number of ether oxygens (including phenoxy) is 1. The van der Waals surface area contributed by atoms with E-state index in [1.54, 1.807) is 18.0 Å². The van der Waals surface area contributed by atoms with E-state index in [0.717, 1.165) is 13.0 Å².